The van der Waals surface area contributed by atoms with Crippen molar-refractivity contribution in [3.05, 3.63) is 29.8 Å². The van der Waals surface area contributed by atoms with Crippen LogP contribution >= 0.6 is 0 Å². The first-order valence-electron chi connectivity index (χ1n) is 6.86. The van der Waals surface area contributed by atoms with E-state index in [-0.39, 0.29) is 0 Å². The summed E-state index contributed by atoms with van der Waals surface area (Å²) in [6.45, 7) is 6.18. The number of unbranched alkanes of at least 4 members (excludes halogenated alkanes) is 2. The number of rotatable bonds is 9. The maximum absolute atomic E-state index is 5.51. The highest BCUT2D eigenvalue weighted by molar-refractivity contribution is 5.33. The first kappa shape index (κ1) is 15.0. The van der Waals surface area contributed by atoms with Crippen LogP contribution < -0.4 is 10.5 Å². The van der Waals surface area contributed by atoms with Gasteiger partial charge in [0.25, 0.3) is 0 Å². The van der Waals surface area contributed by atoms with Crippen molar-refractivity contribution >= 4 is 0 Å². The van der Waals surface area contributed by atoms with Gasteiger partial charge >= 0.3 is 0 Å². The van der Waals surface area contributed by atoms with E-state index in [1.807, 2.05) is 12.1 Å². The fourth-order valence-electron chi connectivity index (χ4n) is 2.08. The van der Waals surface area contributed by atoms with Gasteiger partial charge in [-0.2, -0.15) is 0 Å². The van der Waals surface area contributed by atoms with Crippen LogP contribution in [0.4, 0.5) is 0 Å². The number of hydrogen-bond donors (Lipinski definition) is 1. The Morgan fingerprint density at radius 2 is 1.94 bits per heavy atom. The Hall–Kier alpha value is -1.06. The molecule has 0 aliphatic rings. The van der Waals surface area contributed by atoms with Crippen molar-refractivity contribution in [3.8, 4) is 5.75 Å². The summed E-state index contributed by atoms with van der Waals surface area (Å²) in [5, 5.41) is 0. The summed E-state index contributed by atoms with van der Waals surface area (Å²) in [4.78, 5) is 2.45. The molecule has 1 aromatic carbocycles. The molecule has 0 fully saturated rings. The van der Waals surface area contributed by atoms with Gasteiger partial charge in [-0.1, -0.05) is 31.5 Å². The van der Waals surface area contributed by atoms with Crippen LogP contribution in [-0.4, -0.2) is 31.6 Å². The van der Waals surface area contributed by atoms with E-state index in [2.05, 4.69) is 24.0 Å². The number of benzene rings is 1. The largest absolute Gasteiger partial charge is 0.496 e. The average molecular weight is 250 g/mol. The Balaban J connectivity index is 2.46. The Bertz CT molecular complexity index is 328. The lowest BCUT2D eigenvalue weighted by Gasteiger charge is -2.21. The van der Waals surface area contributed by atoms with Crippen LogP contribution in [0.2, 0.25) is 0 Å². The summed E-state index contributed by atoms with van der Waals surface area (Å²) in [5.41, 5.74) is 6.77. The molecule has 1 rings (SSSR count). The summed E-state index contributed by atoms with van der Waals surface area (Å²) in [7, 11) is 1.73. The number of nitrogens with zero attached hydrogens (tertiary/aromatic N) is 1. The molecule has 0 saturated carbocycles. The Kier molecular flexibility index (Phi) is 7.46. The van der Waals surface area contributed by atoms with Crippen molar-refractivity contribution in [2.24, 2.45) is 5.73 Å². The van der Waals surface area contributed by atoms with Gasteiger partial charge in [-0.05, 0) is 38.5 Å². The van der Waals surface area contributed by atoms with Gasteiger partial charge in [-0.3, -0.25) is 4.90 Å². The van der Waals surface area contributed by atoms with Crippen LogP contribution in [0.1, 0.15) is 31.7 Å². The Morgan fingerprint density at radius 1 is 1.17 bits per heavy atom. The summed E-state index contributed by atoms with van der Waals surface area (Å²) in [6, 6.07) is 8.25. The molecule has 0 heterocycles. The van der Waals surface area contributed by atoms with E-state index in [9.17, 15) is 0 Å². The molecule has 0 unspecified atom stereocenters. The molecule has 102 valence electrons. The predicted molar refractivity (Wildman–Crippen MR) is 76.9 cm³/mol. The summed E-state index contributed by atoms with van der Waals surface area (Å²) < 4.78 is 5.39. The zero-order chi connectivity index (χ0) is 13.2. The van der Waals surface area contributed by atoms with E-state index in [1.165, 1.54) is 18.4 Å². The minimum absolute atomic E-state index is 0.804. The highest BCUT2D eigenvalue weighted by atomic mass is 16.5. The van der Waals surface area contributed by atoms with Gasteiger partial charge in [0.15, 0.2) is 0 Å². The molecule has 0 aromatic heterocycles. The monoisotopic (exact) mass is 250 g/mol. The molecule has 18 heavy (non-hydrogen) atoms. The third-order valence-electron chi connectivity index (χ3n) is 3.21. The number of hydrogen-bond acceptors (Lipinski definition) is 3. The summed E-state index contributed by atoms with van der Waals surface area (Å²) in [5.74, 6) is 0.984. The third-order valence-corrected chi connectivity index (χ3v) is 3.21. The van der Waals surface area contributed by atoms with E-state index < -0.39 is 0 Å². The Morgan fingerprint density at radius 3 is 2.61 bits per heavy atom. The molecule has 0 bridgehead atoms. The number of nitrogens with two attached hydrogens (primary N) is 1. The first-order valence-corrected chi connectivity index (χ1v) is 6.86. The SMILES string of the molecule is CCN(CCCCCN)Cc1ccccc1OC. The van der Waals surface area contributed by atoms with Crippen LogP contribution in [-0.2, 0) is 6.54 Å². The second-order valence-corrected chi connectivity index (χ2v) is 4.53. The van der Waals surface area contributed by atoms with Crippen LogP contribution in [0.25, 0.3) is 0 Å². The topological polar surface area (TPSA) is 38.5 Å². The molecule has 2 N–H and O–H groups in total. The minimum Gasteiger partial charge on any atom is -0.496 e. The van der Waals surface area contributed by atoms with Crippen LogP contribution in [0.5, 0.6) is 5.75 Å². The molecule has 1 aromatic rings. The standard InChI is InChI=1S/C15H26N2O/c1-3-17(12-8-4-7-11-16)13-14-9-5-6-10-15(14)18-2/h5-6,9-10H,3-4,7-8,11-13,16H2,1-2H3. The van der Waals surface area contributed by atoms with E-state index >= 15 is 0 Å². The third kappa shape index (κ3) is 5.07. The fraction of sp³-hybridized carbons (Fsp3) is 0.600. The average Bonchev–Trinajstić information content (AvgIpc) is 2.42. The molecule has 0 aliphatic carbocycles. The molecule has 0 radical (unpaired) electrons. The highest BCUT2D eigenvalue weighted by Crippen LogP contribution is 2.19. The second kappa shape index (κ2) is 8.95. The van der Waals surface area contributed by atoms with Crippen LogP contribution in [0, 0.1) is 0 Å². The van der Waals surface area contributed by atoms with Crippen molar-refractivity contribution in [2.45, 2.75) is 32.7 Å². The molecular weight excluding hydrogens is 224 g/mol. The number of methoxy groups -OCH3 is 1. The second-order valence-electron chi connectivity index (χ2n) is 4.53. The van der Waals surface area contributed by atoms with Gasteiger partial charge in [-0.15, -0.1) is 0 Å². The van der Waals surface area contributed by atoms with Crippen molar-refractivity contribution < 1.29 is 4.74 Å². The molecule has 3 nitrogen and oxygen atoms in total. The molecular formula is C15H26N2O. The maximum atomic E-state index is 5.51. The van der Waals surface area contributed by atoms with Crippen molar-refractivity contribution in [2.75, 3.05) is 26.7 Å². The lowest BCUT2D eigenvalue weighted by molar-refractivity contribution is 0.268. The lowest BCUT2D eigenvalue weighted by Crippen LogP contribution is -2.24. The van der Waals surface area contributed by atoms with Gasteiger partial charge in [0, 0.05) is 12.1 Å². The van der Waals surface area contributed by atoms with Gasteiger partial charge in [0.2, 0.25) is 0 Å². The van der Waals surface area contributed by atoms with E-state index in [4.69, 9.17) is 10.5 Å². The van der Waals surface area contributed by atoms with Gasteiger partial charge in [0.05, 0.1) is 7.11 Å². The van der Waals surface area contributed by atoms with E-state index in [1.54, 1.807) is 7.11 Å². The normalized spacial score (nSPS) is 10.9. The zero-order valence-corrected chi connectivity index (χ0v) is 11.7. The van der Waals surface area contributed by atoms with Crippen molar-refractivity contribution in [1.29, 1.82) is 0 Å². The quantitative estimate of drug-likeness (QED) is 0.685. The first-order chi connectivity index (χ1) is 8.81. The van der Waals surface area contributed by atoms with Crippen LogP contribution in [0.3, 0.4) is 0 Å². The predicted octanol–water partition coefficient (Wildman–Crippen LogP) is 2.65. The minimum atomic E-state index is 0.804. The van der Waals surface area contributed by atoms with Crippen molar-refractivity contribution in [1.82, 2.24) is 4.90 Å². The van der Waals surface area contributed by atoms with Gasteiger partial charge in [0.1, 0.15) is 5.75 Å². The molecule has 0 spiro atoms. The fourth-order valence-corrected chi connectivity index (χ4v) is 2.08. The number of para-hydroxylation sites is 1. The highest BCUT2D eigenvalue weighted by Gasteiger charge is 2.07. The molecule has 0 saturated heterocycles. The summed E-state index contributed by atoms with van der Waals surface area (Å²) >= 11 is 0. The van der Waals surface area contributed by atoms with E-state index in [0.717, 1.165) is 38.3 Å². The van der Waals surface area contributed by atoms with Crippen LogP contribution in [0.15, 0.2) is 24.3 Å². The molecule has 3 heteroatoms. The molecule has 0 aliphatic heterocycles. The summed E-state index contributed by atoms with van der Waals surface area (Å²) in [6.07, 6.45) is 3.57. The van der Waals surface area contributed by atoms with Crippen molar-refractivity contribution in [3.63, 3.8) is 0 Å². The number of ether oxygens (including phenoxy) is 1. The maximum Gasteiger partial charge on any atom is 0.123 e. The van der Waals surface area contributed by atoms with Gasteiger partial charge < -0.3 is 10.5 Å². The Labute approximate surface area is 111 Å². The smallest absolute Gasteiger partial charge is 0.123 e. The molecule has 0 amide bonds. The zero-order valence-electron chi connectivity index (χ0n) is 11.7. The lowest BCUT2D eigenvalue weighted by atomic mass is 10.1. The van der Waals surface area contributed by atoms with E-state index in [0.29, 0.717) is 0 Å². The molecule has 0 atom stereocenters. The van der Waals surface area contributed by atoms with Gasteiger partial charge in [-0.25, -0.2) is 0 Å².